The van der Waals surface area contributed by atoms with Gasteiger partial charge in [0.05, 0.1) is 19.3 Å². The van der Waals surface area contributed by atoms with Crippen LogP contribution in [0.15, 0.2) is 66.7 Å². The Morgan fingerprint density at radius 3 is 2.27 bits per heavy atom. The number of aliphatic hydroxyl groups is 2. The third kappa shape index (κ3) is 6.37. The number of aromatic nitrogens is 1. The first-order chi connectivity index (χ1) is 17.7. The molecule has 1 aliphatic heterocycles. The van der Waals surface area contributed by atoms with Crippen molar-refractivity contribution in [3.05, 3.63) is 78.0 Å². The average molecular weight is 519 g/mol. The first kappa shape index (κ1) is 26.4. The summed E-state index contributed by atoms with van der Waals surface area (Å²) in [6.45, 7) is -0.273. The third-order valence-corrected chi connectivity index (χ3v) is 5.78. The topological polar surface area (TPSA) is 107 Å². The zero-order valence-corrected chi connectivity index (χ0v) is 19.6. The van der Waals surface area contributed by atoms with Crippen molar-refractivity contribution in [1.29, 1.82) is 0 Å². The molecular weight excluding hydrogens is 495 g/mol. The van der Waals surface area contributed by atoms with Gasteiger partial charge in [-0.15, -0.1) is 0 Å². The van der Waals surface area contributed by atoms with Crippen LogP contribution in [0, 0.1) is 0 Å². The molecule has 1 fully saturated rings. The molecule has 0 unspecified atom stereocenters. The summed E-state index contributed by atoms with van der Waals surface area (Å²) in [6.07, 6.45) is -9.50. The van der Waals surface area contributed by atoms with Gasteiger partial charge in [-0.1, -0.05) is 30.3 Å². The minimum Gasteiger partial charge on any atom is -0.491 e. The summed E-state index contributed by atoms with van der Waals surface area (Å²) in [5.41, 5.74) is 1.08. The Kier molecular flexibility index (Phi) is 7.96. The number of methoxy groups -OCH3 is 1. The fourth-order valence-corrected chi connectivity index (χ4v) is 3.74. The van der Waals surface area contributed by atoms with Gasteiger partial charge in [-0.2, -0.15) is 13.2 Å². The molecule has 4 rings (SSSR count). The predicted molar refractivity (Wildman–Crippen MR) is 124 cm³/mol. The van der Waals surface area contributed by atoms with E-state index in [2.05, 4.69) is 4.98 Å². The molecule has 8 nitrogen and oxygen atoms in total. The van der Waals surface area contributed by atoms with Crippen molar-refractivity contribution in [3.8, 4) is 22.8 Å². The molecule has 1 saturated heterocycles. The number of rotatable bonds is 7. The first-order valence-electron chi connectivity index (χ1n) is 11.3. The van der Waals surface area contributed by atoms with Crippen LogP contribution in [0.25, 0.3) is 11.1 Å². The molecule has 11 heteroatoms. The minimum atomic E-state index is -4.64. The van der Waals surface area contributed by atoms with Gasteiger partial charge in [0.2, 0.25) is 5.88 Å². The van der Waals surface area contributed by atoms with Crippen molar-refractivity contribution >= 4 is 5.97 Å². The maximum Gasteiger partial charge on any atom is 0.433 e. The van der Waals surface area contributed by atoms with E-state index in [-0.39, 0.29) is 19.1 Å². The third-order valence-electron chi connectivity index (χ3n) is 5.78. The zero-order valence-electron chi connectivity index (χ0n) is 19.6. The summed E-state index contributed by atoms with van der Waals surface area (Å²) >= 11 is 0. The maximum absolute atomic E-state index is 12.9. The van der Waals surface area contributed by atoms with Crippen molar-refractivity contribution in [1.82, 2.24) is 4.98 Å². The van der Waals surface area contributed by atoms with Crippen LogP contribution < -0.4 is 9.47 Å². The van der Waals surface area contributed by atoms with Gasteiger partial charge >= 0.3 is 12.1 Å². The van der Waals surface area contributed by atoms with E-state index in [1.807, 2.05) is 12.1 Å². The summed E-state index contributed by atoms with van der Waals surface area (Å²) in [5.74, 6) is -0.270. The van der Waals surface area contributed by atoms with E-state index in [0.29, 0.717) is 11.3 Å². The second-order valence-corrected chi connectivity index (χ2v) is 8.27. The molecule has 0 amide bonds. The number of alkyl halides is 3. The second-order valence-electron chi connectivity index (χ2n) is 8.27. The van der Waals surface area contributed by atoms with E-state index in [0.717, 1.165) is 23.3 Å². The number of carbonyl (C=O) groups excluding carboxylic acids is 1. The summed E-state index contributed by atoms with van der Waals surface area (Å²) < 4.78 is 59.9. The molecule has 196 valence electrons. The fraction of sp³-hybridized carbons (Fsp3) is 0.308. The highest BCUT2D eigenvalue weighted by Gasteiger charge is 2.41. The molecule has 0 spiro atoms. The number of halogens is 3. The molecule has 2 heterocycles. The maximum atomic E-state index is 12.9. The quantitative estimate of drug-likeness (QED) is 0.457. The number of carbonyl (C=O) groups is 1. The van der Waals surface area contributed by atoms with Gasteiger partial charge in [0.25, 0.3) is 0 Å². The highest BCUT2D eigenvalue weighted by Crippen LogP contribution is 2.30. The van der Waals surface area contributed by atoms with Crippen LogP contribution in [0.5, 0.6) is 11.6 Å². The van der Waals surface area contributed by atoms with Crippen molar-refractivity contribution in [2.75, 3.05) is 20.3 Å². The molecule has 4 atom stereocenters. The highest BCUT2D eigenvalue weighted by atomic mass is 19.4. The Bertz CT molecular complexity index is 1200. The van der Waals surface area contributed by atoms with E-state index >= 15 is 0 Å². The molecule has 1 aromatic heterocycles. The van der Waals surface area contributed by atoms with E-state index in [4.69, 9.17) is 18.9 Å². The van der Waals surface area contributed by atoms with Gasteiger partial charge in [-0.3, -0.25) is 0 Å². The molecule has 3 aromatic rings. The molecule has 37 heavy (non-hydrogen) atoms. The van der Waals surface area contributed by atoms with Gasteiger partial charge in [0.1, 0.15) is 36.4 Å². The number of nitrogens with zero attached hydrogens (tertiary/aromatic N) is 1. The smallest absolute Gasteiger partial charge is 0.433 e. The number of aliphatic hydroxyl groups excluding tert-OH is 2. The van der Waals surface area contributed by atoms with Crippen molar-refractivity contribution in [2.45, 2.75) is 30.6 Å². The van der Waals surface area contributed by atoms with Gasteiger partial charge in [0.15, 0.2) is 6.10 Å². The van der Waals surface area contributed by atoms with Crippen molar-refractivity contribution in [2.24, 2.45) is 0 Å². The standard InChI is InChI=1S/C26H24F3NO7/c1-34-25(33)17-7-5-15(6-8-17)16-9-11-18(12-10-16)35-13-19-23(31)24(32)20(14-36-19)37-22-4-2-3-21(30-22)26(27,28)29/h2-12,19-20,23-24,31-32H,13-14H2,1H3/t19-,20+,23+,24-/m1/s1. The lowest BCUT2D eigenvalue weighted by molar-refractivity contribution is -0.187. The number of hydrogen-bond acceptors (Lipinski definition) is 8. The molecule has 2 aromatic carbocycles. The van der Waals surface area contributed by atoms with Gasteiger partial charge < -0.3 is 29.2 Å². The molecule has 2 N–H and O–H groups in total. The summed E-state index contributed by atoms with van der Waals surface area (Å²) in [5, 5.41) is 20.9. The Balaban J connectivity index is 1.31. The van der Waals surface area contributed by atoms with Crippen LogP contribution >= 0.6 is 0 Å². The van der Waals surface area contributed by atoms with E-state index in [9.17, 15) is 28.2 Å². The molecule has 0 aliphatic carbocycles. The fourth-order valence-electron chi connectivity index (χ4n) is 3.74. The van der Waals surface area contributed by atoms with Crippen LogP contribution in [0.2, 0.25) is 0 Å². The van der Waals surface area contributed by atoms with Crippen LogP contribution in [0.4, 0.5) is 13.2 Å². The van der Waals surface area contributed by atoms with Crippen molar-refractivity contribution < 1.29 is 47.1 Å². The molecular formula is C26H24F3NO7. The lowest BCUT2D eigenvalue weighted by Crippen LogP contribution is -2.56. The number of esters is 1. The van der Waals surface area contributed by atoms with Crippen LogP contribution in [0.1, 0.15) is 16.1 Å². The zero-order chi connectivity index (χ0) is 26.6. The number of hydrogen-bond donors (Lipinski definition) is 2. The summed E-state index contributed by atoms with van der Waals surface area (Å²) in [7, 11) is 1.32. The Labute approximate surface area is 210 Å². The SMILES string of the molecule is COC(=O)c1ccc(-c2ccc(OC[C@H]3OC[C@H](Oc4cccc(C(F)(F)F)n4)[C@@H](O)[C@H]3O)cc2)cc1. The normalized spacial score (nSPS) is 21.8. The summed E-state index contributed by atoms with van der Waals surface area (Å²) in [6, 6.07) is 17.2. The Morgan fingerprint density at radius 2 is 1.65 bits per heavy atom. The Hall–Kier alpha value is -3.67. The van der Waals surface area contributed by atoms with E-state index in [1.165, 1.54) is 13.2 Å². The van der Waals surface area contributed by atoms with Gasteiger partial charge in [0, 0.05) is 6.07 Å². The van der Waals surface area contributed by atoms with Crippen molar-refractivity contribution in [3.63, 3.8) is 0 Å². The highest BCUT2D eigenvalue weighted by molar-refractivity contribution is 5.89. The molecule has 0 radical (unpaired) electrons. The second kappa shape index (κ2) is 11.2. The molecule has 1 aliphatic rings. The monoisotopic (exact) mass is 519 g/mol. The number of benzene rings is 2. The van der Waals surface area contributed by atoms with E-state index in [1.54, 1.807) is 36.4 Å². The minimum absolute atomic E-state index is 0.0834. The molecule has 0 saturated carbocycles. The van der Waals surface area contributed by atoms with Crippen LogP contribution in [-0.4, -0.2) is 65.9 Å². The number of ether oxygens (including phenoxy) is 4. The largest absolute Gasteiger partial charge is 0.491 e. The van der Waals surface area contributed by atoms with Gasteiger partial charge in [-0.05, 0) is 41.5 Å². The average Bonchev–Trinajstić information content (AvgIpc) is 2.90. The predicted octanol–water partition coefficient (Wildman–Crippen LogP) is 3.50. The lowest BCUT2D eigenvalue weighted by Gasteiger charge is -2.37. The Morgan fingerprint density at radius 1 is 1.00 bits per heavy atom. The van der Waals surface area contributed by atoms with E-state index < -0.39 is 42.3 Å². The summed E-state index contributed by atoms with van der Waals surface area (Å²) in [4.78, 5) is 15.0. The lowest BCUT2D eigenvalue weighted by atomic mass is 10.0. The van der Waals surface area contributed by atoms with Crippen LogP contribution in [-0.2, 0) is 15.7 Å². The number of pyridine rings is 1. The van der Waals surface area contributed by atoms with Gasteiger partial charge in [-0.25, -0.2) is 9.78 Å². The molecule has 0 bridgehead atoms. The van der Waals surface area contributed by atoms with Crippen LogP contribution in [0.3, 0.4) is 0 Å². The first-order valence-corrected chi connectivity index (χ1v) is 11.3.